The maximum atomic E-state index is 12.6. The molecule has 0 fully saturated rings. The maximum Gasteiger partial charge on any atom is 0.268 e. The van der Waals surface area contributed by atoms with Gasteiger partial charge < -0.3 is 14.9 Å². The Balaban J connectivity index is 2.45. The van der Waals surface area contributed by atoms with E-state index >= 15 is 0 Å². The lowest BCUT2D eigenvalue weighted by Gasteiger charge is -2.31. The van der Waals surface area contributed by atoms with Gasteiger partial charge in [0.1, 0.15) is 0 Å². The number of unbranched alkanes of at least 4 members (excludes halogenated alkanes) is 12. The fourth-order valence-corrected chi connectivity index (χ4v) is 5.46. The molecule has 0 heterocycles. The Morgan fingerprint density at radius 2 is 1.00 bits per heavy atom. The molecule has 1 N–H and O–H groups in total. The van der Waals surface area contributed by atoms with Crippen molar-refractivity contribution >= 4 is 11.4 Å². The van der Waals surface area contributed by atoms with Crippen LogP contribution < -0.4 is 20.7 Å². The summed E-state index contributed by atoms with van der Waals surface area (Å²) in [5.41, 5.74) is 1.78. The molecule has 0 aliphatic heterocycles. The zero-order chi connectivity index (χ0) is 28.5. The minimum absolute atomic E-state index is 0.200. The van der Waals surface area contributed by atoms with Crippen molar-refractivity contribution < 1.29 is 5.11 Å². The first kappa shape index (κ1) is 32.9. The van der Waals surface area contributed by atoms with E-state index in [1.807, 2.05) is 6.07 Å². The van der Waals surface area contributed by atoms with Crippen LogP contribution in [0.5, 0.6) is 5.75 Å². The van der Waals surface area contributed by atoms with Crippen LogP contribution in [-0.2, 0) is 0 Å². The van der Waals surface area contributed by atoms with Crippen LogP contribution in [0.4, 0.5) is 11.4 Å². The zero-order valence-electron chi connectivity index (χ0n) is 25.5. The predicted octanol–water partition coefficient (Wildman–Crippen LogP) is 8.59. The fourth-order valence-electron chi connectivity index (χ4n) is 5.46. The molecule has 0 saturated carbocycles. The second kappa shape index (κ2) is 18.9. The fraction of sp³-hybridized carbons (Fsp3) is 0.706. The summed E-state index contributed by atoms with van der Waals surface area (Å²) in [6, 6.07) is 6.32. The van der Waals surface area contributed by atoms with Crippen LogP contribution in [0.3, 0.4) is 0 Å². The van der Waals surface area contributed by atoms with Crippen molar-refractivity contribution in [2.45, 2.75) is 130 Å². The van der Waals surface area contributed by atoms with E-state index in [0.717, 1.165) is 44.7 Å². The Bertz CT molecular complexity index is 985. The Hall–Kier alpha value is -2.30. The molecular formula is C34H56N2O3. The quantitative estimate of drug-likeness (QED) is 0.113. The second-order valence-corrected chi connectivity index (χ2v) is 11.3. The van der Waals surface area contributed by atoms with Gasteiger partial charge in [-0.15, -0.1) is 0 Å². The third kappa shape index (κ3) is 10.3. The van der Waals surface area contributed by atoms with Crippen molar-refractivity contribution in [3.63, 3.8) is 0 Å². The summed E-state index contributed by atoms with van der Waals surface area (Å²) in [6.45, 7) is 12.9. The third-order valence-electron chi connectivity index (χ3n) is 7.97. The minimum Gasteiger partial charge on any atom is -0.503 e. The molecule has 0 saturated heterocycles. The Morgan fingerprint density at radius 1 is 0.564 bits per heavy atom. The number of anilines is 2. The molecule has 0 radical (unpaired) electrons. The second-order valence-electron chi connectivity index (χ2n) is 11.3. The molecule has 2 aromatic carbocycles. The molecule has 0 bridgehead atoms. The topological polar surface area (TPSA) is 60.9 Å². The smallest absolute Gasteiger partial charge is 0.268 e. The molecule has 39 heavy (non-hydrogen) atoms. The first-order valence-electron chi connectivity index (χ1n) is 16.2. The SMILES string of the molecule is CCCCCCN(CCCCCC)c1ccc(-c2c(O)c(=O)c2=O)c(N(CCCCCC)CCCCCC)c1. The van der Waals surface area contributed by atoms with Gasteiger partial charge in [-0.1, -0.05) is 105 Å². The van der Waals surface area contributed by atoms with Crippen LogP contribution >= 0.6 is 0 Å². The van der Waals surface area contributed by atoms with Crippen LogP contribution in [0.15, 0.2) is 27.8 Å². The highest BCUT2D eigenvalue weighted by Gasteiger charge is 2.26. The summed E-state index contributed by atoms with van der Waals surface area (Å²) in [6.07, 6.45) is 19.2. The molecule has 5 nitrogen and oxygen atoms in total. The van der Waals surface area contributed by atoms with Crippen LogP contribution in [0.1, 0.15) is 130 Å². The summed E-state index contributed by atoms with van der Waals surface area (Å²) in [4.78, 5) is 29.5. The molecule has 0 amide bonds. The van der Waals surface area contributed by atoms with Gasteiger partial charge >= 0.3 is 0 Å². The molecule has 0 atom stereocenters. The lowest BCUT2D eigenvalue weighted by Crippen LogP contribution is -2.33. The lowest BCUT2D eigenvalue weighted by molar-refractivity contribution is 0.465. The number of nitrogens with zero attached hydrogens (tertiary/aromatic N) is 2. The minimum atomic E-state index is -0.758. The van der Waals surface area contributed by atoms with Crippen molar-refractivity contribution in [3.8, 4) is 16.9 Å². The predicted molar refractivity (Wildman–Crippen MR) is 169 cm³/mol. The first-order chi connectivity index (χ1) is 19.0. The van der Waals surface area contributed by atoms with Gasteiger partial charge in [0, 0.05) is 43.1 Å². The Kier molecular flexibility index (Phi) is 15.9. The molecule has 0 aromatic heterocycles. The highest BCUT2D eigenvalue weighted by Crippen LogP contribution is 2.37. The summed E-state index contributed by atoms with van der Waals surface area (Å²) >= 11 is 0. The van der Waals surface area contributed by atoms with Gasteiger partial charge in [0.15, 0.2) is 5.75 Å². The maximum absolute atomic E-state index is 12.6. The van der Waals surface area contributed by atoms with E-state index in [4.69, 9.17) is 0 Å². The van der Waals surface area contributed by atoms with Crippen molar-refractivity contribution in [1.82, 2.24) is 0 Å². The standard InChI is InChI=1S/C34H56N2O3/c1-5-9-13-17-23-35(24-18-14-10-6-2)28-21-22-29(31-32(37)34(39)33(31)38)30(27-28)36(25-19-15-11-7-3)26-20-16-12-8-4/h21-22,27,37H,5-20,23-26H2,1-4H3. The van der Waals surface area contributed by atoms with Crippen molar-refractivity contribution in [2.75, 3.05) is 36.0 Å². The zero-order valence-corrected chi connectivity index (χ0v) is 25.5. The number of aromatic hydroxyl groups is 1. The molecule has 0 aliphatic rings. The Labute approximate surface area is 238 Å². The van der Waals surface area contributed by atoms with Crippen molar-refractivity contribution in [2.24, 2.45) is 0 Å². The first-order valence-corrected chi connectivity index (χ1v) is 16.2. The van der Waals surface area contributed by atoms with Crippen LogP contribution in [0.25, 0.3) is 11.1 Å². The van der Waals surface area contributed by atoms with E-state index in [1.165, 1.54) is 95.6 Å². The normalized spacial score (nSPS) is 11.4. The lowest BCUT2D eigenvalue weighted by atomic mass is 9.96. The van der Waals surface area contributed by atoms with E-state index < -0.39 is 10.9 Å². The highest BCUT2D eigenvalue weighted by atomic mass is 16.3. The molecule has 2 rings (SSSR count). The van der Waals surface area contributed by atoms with E-state index in [0.29, 0.717) is 5.56 Å². The van der Waals surface area contributed by atoms with Gasteiger partial charge in [-0.3, -0.25) is 9.59 Å². The Morgan fingerprint density at radius 3 is 1.41 bits per heavy atom. The number of rotatable bonds is 23. The van der Waals surface area contributed by atoms with E-state index in [1.54, 1.807) is 0 Å². The molecule has 0 spiro atoms. The third-order valence-corrected chi connectivity index (χ3v) is 7.97. The average molecular weight is 541 g/mol. The van der Waals surface area contributed by atoms with Crippen molar-refractivity contribution in [1.29, 1.82) is 0 Å². The highest BCUT2D eigenvalue weighted by molar-refractivity contribution is 5.86. The summed E-state index contributed by atoms with van der Waals surface area (Å²) in [7, 11) is 0. The van der Waals surface area contributed by atoms with Crippen LogP contribution in [0, 0.1) is 0 Å². The van der Waals surface area contributed by atoms with Gasteiger partial charge in [0.25, 0.3) is 5.43 Å². The number of benzene rings is 1. The molecule has 5 heteroatoms. The van der Waals surface area contributed by atoms with Crippen LogP contribution in [-0.4, -0.2) is 31.3 Å². The number of hydrogen-bond donors (Lipinski definition) is 1. The van der Waals surface area contributed by atoms with Gasteiger partial charge in [-0.2, -0.15) is 0 Å². The largest absolute Gasteiger partial charge is 0.503 e. The van der Waals surface area contributed by atoms with Gasteiger partial charge in [0.2, 0.25) is 5.43 Å². The molecule has 220 valence electrons. The van der Waals surface area contributed by atoms with Crippen molar-refractivity contribution in [3.05, 3.63) is 38.6 Å². The summed E-state index contributed by atoms with van der Waals surface area (Å²) in [5.74, 6) is -0.373. The van der Waals surface area contributed by atoms with E-state index in [9.17, 15) is 14.7 Å². The molecular weight excluding hydrogens is 484 g/mol. The van der Waals surface area contributed by atoms with Gasteiger partial charge in [-0.05, 0) is 43.9 Å². The molecule has 2 aromatic rings. The summed E-state index contributed by atoms with van der Waals surface area (Å²) in [5, 5.41) is 10.4. The molecule has 0 unspecified atom stereocenters. The van der Waals surface area contributed by atoms with E-state index in [2.05, 4.69) is 49.6 Å². The van der Waals surface area contributed by atoms with E-state index in [-0.39, 0.29) is 11.3 Å². The summed E-state index contributed by atoms with van der Waals surface area (Å²) < 4.78 is 0. The number of hydrogen-bond acceptors (Lipinski definition) is 5. The average Bonchev–Trinajstić information content (AvgIpc) is 2.95. The van der Waals surface area contributed by atoms with Crippen LogP contribution in [0.2, 0.25) is 0 Å². The monoisotopic (exact) mass is 540 g/mol. The van der Waals surface area contributed by atoms with Gasteiger partial charge in [-0.25, -0.2) is 0 Å². The van der Waals surface area contributed by atoms with Gasteiger partial charge in [0.05, 0.1) is 5.56 Å². The molecule has 0 aliphatic carbocycles.